The molecule has 0 heterocycles. The topological polar surface area (TPSA) is 95.9 Å². The summed E-state index contributed by atoms with van der Waals surface area (Å²) < 4.78 is 5.50. The number of hydrogen-bond donors (Lipinski definition) is 3. The smallest absolute Gasteiger partial charge is 0.305 e. The summed E-state index contributed by atoms with van der Waals surface area (Å²) in [6, 6.07) is -0.538. The second kappa shape index (κ2) is 64.9. The lowest BCUT2D eigenvalue weighted by molar-refractivity contribution is -0.143. The Labute approximate surface area is 469 Å². The lowest BCUT2D eigenvalue weighted by Gasteiger charge is -2.22. The Balaban J connectivity index is 3.32. The van der Waals surface area contributed by atoms with E-state index in [4.69, 9.17) is 4.74 Å². The van der Waals surface area contributed by atoms with Crippen molar-refractivity contribution in [2.45, 2.75) is 392 Å². The summed E-state index contributed by atoms with van der Waals surface area (Å²) in [6.07, 6.45) is 80.9. The van der Waals surface area contributed by atoms with Crippen LogP contribution < -0.4 is 5.32 Å². The van der Waals surface area contributed by atoms with Crippen molar-refractivity contribution >= 4 is 11.9 Å². The molecule has 0 aromatic heterocycles. The van der Waals surface area contributed by atoms with Crippen LogP contribution in [0.4, 0.5) is 0 Å². The minimum Gasteiger partial charge on any atom is -0.466 e. The lowest BCUT2D eigenvalue weighted by atomic mass is 10.0. The Bertz CT molecular complexity index is 1170. The van der Waals surface area contributed by atoms with Gasteiger partial charge in [-0.3, -0.25) is 9.59 Å². The first-order chi connectivity index (χ1) is 37.0. The average molecular weight is 1060 g/mol. The van der Waals surface area contributed by atoms with E-state index in [-0.39, 0.29) is 18.5 Å². The van der Waals surface area contributed by atoms with Crippen LogP contribution in [0.3, 0.4) is 0 Å². The number of allylic oxidation sites excluding steroid dienone is 4. The SMILES string of the molecule is CCCCCCCC/C=C\CCCCCCCCCC(=O)OCCCCCCCCCCCCCC/C=C\CCCCCCCCCCCCCCCCCC(=O)NC(CO)C(O)CCCCCCCCCCCC. The fourth-order valence-corrected chi connectivity index (χ4v) is 10.7. The molecule has 0 aliphatic carbocycles. The number of aliphatic hydroxyl groups excluding tert-OH is 2. The molecule has 0 saturated heterocycles. The Morgan fingerprint density at radius 2 is 0.627 bits per heavy atom. The quantitative estimate of drug-likeness (QED) is 0.0320. The maximum Gasteiger partial charge on any atom is 0.305 e. The molecular formula is C69H133NO5. The number of nitrogens with one attached hydrogen (secondary N) is 1. The molecule has 0 radical (unpaired) electrons. The van der Waals surface area contributed by atoms with Gasteiger partial charge in [-0.25, -0.2) is 0 Å². The predicted octanol–water partition coefficient (Wildman–Crippen LogP) is 21.8. The van der Waals surface area contributed by atoms with Gasteiger partial charge < -0.3 is 20.3 Å². The first kappa shape index (κ1) is 73.3. The van der Waals surface area contributed by atoms with Gasteiger partial charge in [0.2, 0.25) is 5.91 Å². The van der Waals surface area contributed by atoms with Crippen molar-refractivity contribution in [3.05, 3.63) is 24.3 Å². The molecule has 2 unspecified atom stereocenters. The van der Waals surface area contributed by atoms with Gasteiger partial charge in [0, 0.05) is 12.8 Å². The molecule has 0 rings (SSSR count). The van der Waals surface area contributed by atoms with Crippen molar-refractivity contribution in [3.63, 3.8) is 0 Å². The van der Waals surface area contributed by atoms with Crippen LogP contribution in [0.2, 0.25) is 0 Å². The lowest BCUT2D eigenvalue weighted by Crippen LogP contribution is -2.45. The first-order valence-corrected chi connectivity index (χ1v) is 34.1. The normalized spacial score (nSPS) is 12.6. The third-order valence-corrected chi connectivity index (χ3v) is 16.0. The van der Waals surface area contributed by atoms with Gasteiger partial charge in [0.05, 0.1) is 25.4 Å². The largest absolute Gasteiger partial charge is 0.466 e. The van der Waals surface area contributed by atoms with E-state index >= 15 is 0 Å². The van der Waals surface area contributed by atoms with E-state index in [2.05, 4.69) is 43.5 Å². The van der Waals surface area contributed by atoms with E-state index in [1.807, 2.05) is 0 Å². The van der Waals surface area contributed by atoms with Crippen molar-refractivity contribution in [1.82, 2.24) is 5.32 Å². The molecular weight excluding hydrogens is 923 g/mol. The number of unbranched alkanes of at least 4 members (excludes halogenated alkanes) is 49. The van der Waals surface area contributed by atoms with E-state index in [9.17, 15) is 19.8 Å². The van der Waals surface area contributed by atoms with E-state index in [0.717, 1.165) is 44.9 Å². The third-order valence-electron chi connectivity index (χ3n) is 16.0. The zero-order chi connectivity index (χ0) is 54.3. The number of aliphatic hydroxyl groups is 2. The van der Waals surface area contributed by atoms with Crippen molar-refractivity contribution in [2.24, 2.45) is 0 Å². The number of carbonyl (C=O) groups is 2. The molecule has 0 aromatic rings. The molecule has 6 heteroatoms. The molecule has 0 aliphatic rings. The molecule has 0 saturated carbocycles. The molecule has 444 valence electrons. The molecule has 2 atom stereocenters. The molecule has 0 aromatic carbocycles. The third kappa shape index (κ3) is 61.4. The number of esters is 1. The van der Waals surface area contributed by atoms with Gasteiger partial charge in [0.15, 0.2) is 0 Å². The van der Waals surface area contributed by atoms with Crippen LogP contribution in [0, 0.1) is 0 Å². The molecule has 3 N–H and O–H groups in total. The van der Waals surface area contributed by atoms with Crippen LogP contribution in [0.25, 0.3) is 0 Å². The highest BCUT2D eigenvalue weighted by Gasteiger charge is 2.20. The molecule has 6 nitrogen and oxygen atoms in total. The fraction of sp³-hybridized carbons (Fsp3) is 0.913. The highest BCUT2D eigenvalue weighted by molar-refractivity contribution is 5.76. The zero-order valence-electron chi connectivity index (χ0n) is 50.8. The molecule has 1 amide bonds. The number of carbonyl (C=O) groups excluding carboxylic acids is 2. The van der Waals surface area contributed by atoms with Gasteiger partial charge in [-0.1, -0.05) is 314 Å². The summed E-state index contributed by atoms with van der Waals surface area (Å²) in [5.74, 6) is -0.0182. The monoisotopic (exact) mass is 1060 g/mol. The first-order valence-electron chi connectivity index (χ1n) is 34.1. The van der Waals surface area contributed by atoms with Gasteiger partial charge in [-0.05, 0) is 77.0 Å². The van der Waals surface area contributed by atoms with Crippen LogP contribution >= 0.6 is 0 Å². The van der Waals surface area contributed by atoms with Gasteiger partial charge in [0.1, 0.15) is 0 Å². The molecule has 75 heavy (non-hydrogen) atoms. The number of amides is 1. The predicted molar refractivity (Wildman–Crippen MR) is 329 cm³/mol. The second-order valence-corrected chi connectivity index (χ2v) is 23.5. The van der Waals surface area contributed by atoms with Crippen LogP contribution in [-0.2, 0) is 14.3 Å². The highest BCUT2D eigenvalue weighted by Crippen LogP contribution is 2.18. The average Bonchev–Trinajstić information content (AvgIpc) is 3.41. The molecule has 0 bridgehead atoms. The van der Waals surface area contributed by atoms with Crippen molar-refractivity contribution in [1.29, 1.82) is 0 Å². The highest BCUT2D eigenvalue weighted by atomic mass is 16.5. The Morgan fingerprint density at radius 3 is 0.947 bits per heavy atom. The Hall–Kier alpha value is -1.66. The molecule has 0 fully saturated rings. The summed E-state index contributed by atoms with van der Waals surface area (Å²) in [6.45, 7) is 4.96. The van der Waals surface area contributed by atoms with Crippen molar-refractivity contribution in [3.8, 4) is 0 Å². The molecule has 0 aliphatic heterocycles. The zero-order valence-corrected chi connectivity index (χ0v) is 50.8. The fourth-order valence-electron chi connectivity index (χ4n) is 10.7. The van der Waals surface area contributed by atoms with E-state index in [1.54, 1.807) is 0 Å². The van der Waals surface area contributed by atoms with Gasteiger partial charge in [-0.2, -0.15) is 0 Å². The summed E-state index contributed by atoms with van der Waals surface area (Å²) >= 11 is 0. The summed E-state index contributed by atoms with van der Waals surface area (Å²) in [7, 11) is 0. The number of hydrogen-bond acceptors (Lipinski definition) is 5. The van der Waals surface area contributed by atoms with Crippen LogP contribution in [0.5, 0.6) is 0 Å². The Kier molecular flexibility index (Phi) is 63.4. The van der Waals surface area contributed by atoms with Crippen LogP contribution in [-0.4, -0.2) is 47.4 Å². The number of rotatable bonds is 64. The number of ether oxygens (including phenoxy) is 1. The van der Waals surface area contributed by atoms with Crippen molar-refractivity contribution < 1.29 is 24.5 Å². The molecule has 0 spiro atoms. The van der Waals surface area contributed by atoms with Crippen LogP contribution in [0.1, 0.15) is 380 Å². The van der Waals surface area contributed by atoms with E-state index in [1.165, 1.54) is 302 Å². The Morgan fingerprint density at radius 1 is 0.360 bits per heavy atom. The van der Waals surface area contributed by atoms with Crippen LogP contribution in [0.15, 0.2) is 24.3 Å². The summed E-state index contributed by atoms with van der Waals surface area (Å²) in [4.78, 5) is 24.5. The van der Waals surface area contributed by atoms with Gasteiger partial charge in [-0.15, -0.1) is 0 Å². The summed E-state index contributed by atoms with van der Waals surface area (Å²) in [5, 5.41) is 23.2. The van der Waals surface area contributed by atoms with Gasteiger partial charge in [0.25, 0.3) is 0 Å². The van der Waals surface area contributed by atoms with E-state index < -0.39 is 12.1 Å². The second-order valence-electron chi connectivity index (χ2n) is 23.5. The van der Waals surface area contributed by atoms with Crippen molar-refractivity contribution in [2.75, 3.05) is 13.2 Å². The minimum atomic E-state index is -0.660. The van der Waals surface area contributed by atoms with E-state index in [0.29, 0.717) is 25.9 Å². The minimum absolute atomic E-state index is 0.0148. The maximum absolute atomic E-state index is 12.4. The standard InChI is InChI=1S/C69H133NO5/c1-3-5-7-9-11-13-15-16-17-33-37-40-43-47-51-55-59-63-69(74)75-64-60-56-52-48-44-41-38-35-32-30-28-26-24-22-20-18-19-21-23-25-27-29-31-34-36-39-42-46-50-54-58-62-68(73)70-66(65-71)67(72)61-57-53-49-45-14-12-10-8-6-4-2/h16-17,20,22,66-67,71-72H,3-15,18-19,21,23-65H2,1-2H3,(H,70,73)/b17-16-,22-20-. The summed E-state index contributed by atoms with van der Waals surface area (Å²) in [5.41, 5.74) is 0. The maximum atomic E-state index is 12.4. The van der Waals surface area contributed by atoms with Gasteiger partial charge >= 0.3 is 5.97 Å².